The number of aromatic nitrogens is 2. The van der Waals surface area contributed by atoms with Crippen LogP contribution in [0.4, 0.5) is 0 Å². The lowest BCUT2D eigenvalue weighted by molar-refractivity contribution is -0.117. The van der Waals surface area contributed by atoms with Crippen molar-refractivity contribution in [1.29, 1.82) is 0 Å². The van der Waals surface area contributed by atoms with Gasteiger partial charge in [-0.1, -0.05) is 0 Å². The van der Waals surface area contributed by atoms with E-state index in [-0.39, 0.29) is 11.9 Å². The number of nitrogens with one attached hydrogen (secondary N) is 1. The smallest absolute Gasteiger partial charge is 0.244 e. The molecule has 1 amide bonds. The van der Waals surface area contributed by atoms with Gasteiger partial charge in [-0.15, -0.1) is 11.3 Å². The summed E-state index contributed by atoms with van der Waals surface area (Å²) < 4.78 is 2.99. The van der Waals surface area contributed by atoms with E-state index in [1.165, 1.54) is 0 Å². The molecule has 0 spiro atoms. The summed E-state index contributed by atoms with van der Waals surface area (Å²) in [6.45, 7) is 2.68. The van der Waals surface area contributed by atoms with E-state index in [2.05, 4.69) is 26.2 Å². The number of halogens is 1. The molecular weight excluding hydrogens is 326 g/mol. The molecule has 0 aliphatic carbocycles. The van der Waals surface area contributed by atoms with Crippen molar-refractivity contribution in [3.63, 3.8) is 0 Å². The number of hydrogen-bond donors (Lipinski definition) is 1. The second-order valence-corrected chi connectivity index (χ2v) is 6.48. The summed E-state index contributed by atoms with van der Waals surface area (Å²) in [5.74, 6) is -0.0880. The van der Waals surface area contributed by atoms with Crippen LogP contribution in [-0.2, 0) is 11.3 Å². The molecular formula is C13H14BrN3OS. The first kappa shape index (κ1) is 14.0. The van der Waals surface area contributed by atoms with Gasteiger partial charge in [-0.2, -0.15) is 0 Å². The Balaban J connectivity index is 1.82. The van der Waals surface area contributed by atoms with Gasteiger partial charge in [0.1, 0.15) is 0 Å². The number of carbonyl (C=O) groups is 1. The van der Waals surface area contributed by atoms with Crippen LogP contribution >= 0.6 is 27.3 Å². The van der Waals surface area contributed by atoms with Gasteiger partial charge in [0.15, 0.2) is 0 Å². The highest BCUT2D eigenvalue weighted by Gasteiger charge is 2.05. The fourth-order valence-electron chi connectivity index (χ4n) is 1.63. The summed E-state index contributed by atoms with van der Waals surface area (Å²) in [6, 6.07) is 2.03. The van der Waals surface area contributed by atoms with Gasteiger partial charge in [0.2, 0.25) is 5.91 Å². The third-order valence-corrected chi connectivity index (χ3v) is 3.97. The minimum atomic E-state index is -0.0880. The van der Waals surface area contributed by atoms with Gasteiger partial charge in [-0.3, -0.25) is 4.79 Å². The first-order valence-electron chi connectivity index (χ1n) is 5.82. The number of amides is 1. The highest BCUT2D eigenvalue weighted by molar-refractivity contribution is 9.11. The van der Waals surface area contributed by atoms with E-state index < -0.39 is 0 Å². The maximum atomic E-state index is 11.7. The first-order valence-corrected chi connectivity index (χ1v) is 7.49. The Morgan fingerprint density at radius 3 is 3.16 bits per heavy atom. The van der Waals surface area contributed by atoms with Gasteiger partial charge >= 0.3 is 0 Å². The van der Waals surface area contributed by atoms with Crippen molar-refractivity contribution in [2.75, 3.05) is 0 Å². The Morgan fingerprint density at radius 2 is 2.53 bits per heavy atom. The van der Waals surface area contributed by atoms with E-state index in [0.717, 1.165) is 9.35 Å². The summed E-state index contributed by atoms with van der Waals surface area (Å²) in [5, 5.41) is 4.90. The molecule has 0 unspecified atom stereocenters. The molecule has 1 atom stereocenters. The normalized spacial score (nSPS) is 12.7. The molecule has 2 heterocycles. The Morgan fingerprint density at radius 1 is 1.68 bits per heavy atom. The lowest BCUT2D eigenvalue weighted by Crippen LogP contribution is -2.34. The third-order valence-electron chi connectivity index (χ3n) is 2.45. The van der Waals surface area contributed by atoms with Crippen molar-refractivity contribution >= 4 is 39.2 Å². The minimum absolute atomic E-state index is 0.0561. The molecule has 100 valence electrons. The van der Waals surface area contributed by atoms with E-state index in [1.807, 2.05) is 29.1 Å². The molecule has 0 radical (unpaired) electrons. The summed E-state index contributed by atoms with van der Waals surface area (Å²) in [4.78, 5) is 15.7. The zero-order valence-electron chi connectivity index (χ0n) is 10.4. The molecule has 0 saturated heterocycles. The first-order chi connectivity index (χ1) is 9.13. The molecule has 6 heteroatoms. The Bertz CT molecular complexity index is 562. The zero-order chi connectivity index (χ0) is 13.7. The zero-order valence-corrected chi connectivity index (χ0v) is 12.8. The van der Waals surface area contributed by atoms with Crippen LogP contribution in [0.15, 0.2) is 40.0 Å². The quantitative estimate of drug-likeness (QED) is 0.851. The van der Waals surface area contributed by atoms with Gasteiger partial charge in [-0.25, -0.2) is 4.98 Å². The average Bonchev–Trinajstić information content (AvgIpc) is 2.98. The van der Waals surface area contributed by atoms with Crippen molar-refractivity contribution < 1.29 is 4.79 Å². The van der Waals surface area contributed by atoms with Crippen molar-refractivity contribution in [3.05, 3.63) is 45.6 Å². The molecule has 0 fully saturated rings. The van der Waals surface area contributed by atoms with E-state index in [1.54, 1.807) is 36.0 Å². The van der Waals surface area contributed by atoms with Gasteiger partial charge in [0.05, 0.1) is 10.1 Å². The molecule has 2 aromatic rings. The van der Waals surface area contributed by atoms with Crippen LogP contribution < -0.4 is 5.32 Å². The van der Waals surface area contributed by atoms with Crippen LogP contribution in [0.2, 0.25) is 0 Å². The molecule has 19 heavy (non-hydrogen) atoms. The monoisotopic (exact) mass is 339 g/mol. The number of hydrogen-bond acceptors (Lipinski definition) is 3. The molecule has 0 aliphatic rings. The van der Waals surface area contributed by atoms with Crippen molar-refractivity contribution in [1.82, 2.24) is 14.9 Å². The summed E-state index contributed by atoms with van der Waals surface area (Å²) in [6.07, 6.45) is 8.70. The largest absolute Gasteiger partial charge is 0.348 e. The standard InChI is InChI=1S/C13H14BrN3OS/c1-10(7-17-5-4-15-9-17)16-13(18)3-2-11-6-12(14)19-8-11/h2-6,8-10H,7H2,1H3,(H,16,18)/b3-2+/t10-/m0/s1. The van der Waals surface area contributed by atoms with Crippen molar-refractivity contribution in [2.45, 2.75) is 19.5 Å². The average molecular weight is 340 g/mol. The number of thiophene rings is 1. The fraction of sp³-hybridized carbons (Fsp3) is 0.231. The molecule has 0 bridgehead atoms. The molecule has 0 saturated carbocycles. The lowest BCUT2D eigenvalue weighted by Gasteiger charge is -2.12. The summed E-state index contributed by atoms with van der Waals surface area (Å²) in [5.41, 5.74) is 1.02. The number of rotatable bonds is 5. The molecule has 0 aliphatic heterocycles. The summed E-state index contributed by atoms with van der Waals surface area (Å²) in [7, 11) is 0. The van der Waals surface area contributed by atoms with Crippen LogP contribution in [0.1, 0.15) is 12.5 Å². The van der Waals surface area contributed by atoms with Crippen LogP contribution in [0.3, 0.4) is 0 Å². The predicted octanol–water partition coefficient (Wildman–Crippen LogP) is 2.93. The predicted molar refractivity (Wildman–Crippen MR) is 80.9 cm³/mol. The number of imidazole rings is 1. The molecule has 0 aromatic carbocycles. The van der Waals surface area contributed by atoms with Crippen LogP contribution in [0, 0.1) is 0 Å². The van der Waals surface area contributed by atoms with E-state index in [4.69, 9.17) is 0 Å². The van der Waals surface area contributed by atoms with Crippen molar-refractivity contribution in [3.8, 4) is 0 Å². The minimum Gasteiger partial charge on any atom is -0.348 e. The summed E-state index contributed by atoms with van der Waals surface area (Å²) >= 11 is 4.98. The van der Waals surface area contributed by atoms with Gasteiger partial charge in [0.25, 0.3) is 0 Å². The van der Waals surface area contributed by atoms with Crippen LogP contribution in [0.25, 0.3) is 6.08 Å². The Hall–Kier alpha value is -1.40. The second kappa shape index (κ2) is 6.68. The van der Waals surface area contributed by atoms with Gasteiger partial charge < -0.3 is 9.88 Å². The van der Waals surface area contributed by atoms with Crippen molar-refractivity contribution in [2.24, 2.45) is 0 Å². The molecule has 1 N–H and O–H groups in total. The molecule has 4 nitrogen and oxygen atoms in total. The lowest BCUT2D eigenvalue weighted by atomic mass is 10.3. The van der Waals surface area contributed by atoms with E-state index >= 15 is 0 Å². The maximum absolute atomic E-state index is 11.7. The Kier molecular flexibility index (Phi) is 4.93. The highest BCUT2D eigenvalue weighted by Crippen LogP contribution is 2.21. The highest BCUT2D eigenvalue weighted by atomic mass is 79.9. The maximum Gasteiger partial charge on any atom is 0.244 e. The SMILES string of the molecule is C[C@@H](Cn1ccnc1)NC(=O)/C=C/c1csc(Br)c1. The molecule has 2 rings (SSSR count). The fourth-order valence-corrected chi connectivity index (χ4v) is 2.77. The van der Waals surface area contributed by atoms with Gasteiger partial charge in [-0.05, 0) is 45.9 Å². The van der Waals surface area contributed by atoms with Crippen LogP contribution in [-0.4, -0.2) is 21.5 Å². The second-order valence-electron chi connectivity index (χ2n) is 4.19. The van der Waals surface area contributed by atoms with Crippen LogP contribution in [0.5, 0.6) is 0 Å². The number of nitrogens with zero attached hydrogens (tertiary/aromatic N) is 2. The topological polar surface area (TPSA) is 46.9 Å². The third kappa shape index (κ3) is 4.65. The van der Waals surface area contributed by atoms with E-state index in [0.29, 0.717) is 6.54 Å². The van der Waals surface area contributed by atoms with E-state index in [9.17, 15) is 4.79 Å². The van der Waals surface area contributed by atoms with Gasteiger partial charge in [0, 0.05) is 31.1 Å². The Labute approximate surface area is 124 Å². The number of carbonyl (C=O) groups excluding carboxylic acids is 1. The molecule has 2 aromatic heterocycles.